The van der Waals surface area contributed by atoms with Gasteiger partial charge < -0.3 is 10.6 Å². The Morgan fingerprint density at radius 3 is 2.68 bits per heavy atom. The number of hydrogen-bond acceptors (Lipinski definition) is 3. The van der Waals surface area contributed by atoms with Gasteiger partial charge in [0, 0.05) is 25.0 Å². The van der Waals surface area contributed by atoms with Crippen molar-refractivity contribution in [3.63, 3.8) is 0 Å². The number of nitrogens with zero attached hydrogens (tertiary/aromatic N) is 2. The van der Waals surface area contributed by atoms with Crippen LogP contribution in [0.2, 0.25) is 5.02 Å². The number of nitrogens with two attached hydrogens (primary N) is 1. The van der Waals surface area contributed by atoms with Crippen LogP contribution in [-0.4, -0.2) is 11.5 Å². The summed E-state index contributed by atoms with van der Waals surface area (Å²) in [5.41, 5.74) is 8.84. The molecule has 0 aliphatic rings. The Morgan fingerprint density at radius 2 is 2.11 bits per heavy atom. The lowest BCUT2D eigenvalue weighted by Crippen LogP contribution is -2.18. The van der Waals surface area contributed by atoms with Gasteiger partial charge in [-0.25, -0.2) is 4.98 Å². The molecule has 2 N–H and O–H groups in total. The Kier molecular flexibility index (Phi) is 4.40. The third kappa shape index (κ3) is 3.06. The summed E-state index contributed by atoms with van der Waals surface area (Å²) in [4.78, 5) is 6.53. The number of benzene rings is 1. The smallest absolute Gasteiger partial charge is 0.151 e. The molecular weight excluding hydrogens is 258 g/mol. The van der Waals surface area contributed by atoms with Crippen molar-refractivity contribution in [2.24, 2.45) is 5.73 Å². The van der Waals surface area contributed by atoms with Gasteiger partial charge >= 0.3 is 0 Å². The lowest BCUT2D eigenvalue weighted by Gasteiger charge is -2.23. The quantitative estimate of drug-likeness (QED) is 0.926. The maximum atomic E-state index is 6.31. The largest absolute Gasteiger partial charge is 0.326 e. The summed E-state index contributed by atoms with van der Waals surface area (Å²) in [6.07, 6.45) is 1.78. The fraction of sp³-hybridized carbons (Fsp3) is 0.267. The summed E-state index contributed by atoms with van der Waals surface area (Å²) in [7, 11) is 0. The monoisotopic (exact) mass is 275 g/mol. The molecule has 2 aromatic rings. The first-order chi connectivity index (χ1) is 9.15. The third-order valence-corrected chi connectivity index (χ3v) is 3.28. The number of pyridine rings is 1. The third-order valence-electron chi connectivity index (χ3n) is 3.00. The van der Waals surface area contributed by atoms with Crippen molar-refractivity contribution in [2.75, 3.05) is 11.4 Å². The lowest BCUT2D eigenvalue weighted by molar-refractivity contribution is 0.973. The minimum absolute atomic E-state index is 0.448. The van der Waals surface area contributed by atoms with Gasteiger partial charge in [0.2, 0.25) is 0 Å². The fourth-order valence-electron chi connectivity index (χ4n) is 2.03. The number of aryl methyl sites for hydroxylation is 1. The van der Waals surface area contributed by atoms with Crippen LogP contribution >= 0.6 is 11.6 Å². The van der Waals surface area contributed by atoms with Gasteiger partial charge in [-0.3, -0.25) is 0 Å². The Labute approximate surface area is 119 Å². The zero-order valence-electron chi connectivity index (χ0n) is 11.2. The van der Waals surface area contributed by atoms with E-state index >= 15 is 0 Å². The maximum absolute atomic E-state index is 6.31. The van der Waals surface area contributed by atoms with E-state index in [0.717, 1.165) is 23.6 Å². The molecule has 0 saturated heterocycles. The molecule has 100 valence electrons. The van der Waals surface area contributed by atoms with Gasteiger partial charge in [-0.15, -0.1) is 0 Å². The van der Waals surface area contributed by atoms with Crippen molar-refractivity contribution in [3.05, 3.63) is 52.7 Å². The minimum Gasteiger partial charge on any atom is -0.326 e. The van der Waals surface area contributed by atoms with E-state index in [1.165, 1.54) is 5.56 Å². The second kappa shape index (κ2) is 6.04. The van der Waals surface area contributed by atoms with E-state index in [0.29, 0.717) is 11.6 Å². The molecule has 0 aliphatic carbocycles. The molecule has 0 radical (unpaired) electrons. The molecule has 19 heavy (non-hydrogen) atoms. The normalized spacial score (nSPS) is 10.5. The van der Waals surface area contributed by atoms with Crippen LogP contribution < -0.4 is 10.6 Å². The molecule has 0 spiro atoms. The topological polar surface area (TPSA) is 42.2 Å². The van der Waals surface area contributed by atoms with Crippen LogP contribution in [0.4, 0.5) is 11.5 Å². The van der Waals surface area contributed by atoms with Crippen LogP contribution in [0.1, 0.15) is 18.1 Å². The zero-order valence-corrected chi connectivity index (χ0v) is 12.0. The predicted molar refractivity (Wildman–Crippen MR) is 81.0 cm³/mol. The molecule has 1 aromatic heterocycles. The number of anilines is 2. The first kappa shape index (κ1) is 13.8. The first-order valence-corrected chi connectivity index (χ1v) is 6.72. The molecule has 0 amide bonds. The summed E-state index contributed by atoms with van der Waals surface area (Å²) in [6.45, 7) is 5.41. The van der Waals surface area contributed by atoms with Crippen LogP contribution in [0.5, 0.6) is 0 Å². The Bertz CT molecular complexity index is 569. The van der Waals surface area contributed by atoms with E-state index in [-0.39, 0.29) is 0 Å². The van der Waals surface area contributed by atoms with Crippen molar-refractivity contribution in [1.82, 2.24) is 4.98 Å². The standard InChI is InChI=1S/C15H18ClN3/c1-3-19(13-6-4-5-11(2)7-13)15-14(16)8-12(9-17)10-18-15/h4-8,10H,3,9,17H2,1-2H3. The number of aromatic nitrogens is 1. The second-order valence-corrected chi connectivity index (χ2v) is 4.84. The SMILES string of the molecule is CCN(c1cccc(C)c1)c1ncc(CN)cc1Cl. The molecular formula is C15H18ClN3. The van der Waals surface area contributed by atoms with Crippen molar-refractivity contribution in [2.45, 2.75) is 20.4 Å². The molecule has 0 saturated carbocycles. The molecule has 1 heterocycles. The molecule has 4 heteroatoms. The average molecular weight is 276 g/mol. The number of hydrogen-bond donors (Lipinski definition) is 1. The van der Waals surface area contributed by atoms with Gasteiger partial charge in [-0.05, 0) is 43.2 Å². The van der Waals surface area contributed by atoms with Crippen LogP contribution in [0.3, 0.4) is 0 Å². The van der Waals surface area contributed by atoms with E-state index in [4.69, 9.17) is 17.3 Å². The van der Waals surface area contributed by atoms with Crippen LogP contribution in [-0.2, 0) is 6.54 Å². The molecule has 1 aromatic carbocycles. The summed E-state index contributed by atoms with van der Waals surface area (Å²) >= 11 is 6.31. The highest BCUT2D eigenvalue weighted by Gasteiger charge is 2.13. The first-order valence-electron chi connectivity index (χ1n) is 6.34. The molecule has 0 aliphatic heterocycles. The maximum Gasteiger partial charge on any atom is 0.151 e. The van der Waals surface area contributed by atoms with E-state index < -0.39 is 0 Å². The highest BCUT2D eigenvalue weighted by Crippen LogP contribution is 2.30. The van der Waals surface area contributed by atoms with Crippen LogP contribution in [0.25, 0.3) is 0 Å². The molecule has 0 fully saturated rings. The molecule has 2 rings (SSSR count). The van der Waals surface area contributed by atoms with Gasteiger partial charge in [0.25, 0.3) is 0 Å². The van der Waals surface area contributed by atoms with Gasteiger partial charge in [0.05, 0.1) is 5.02 Å². The highest BCUT2D eigenvalue weighted by atomic mass is 35.5. The summed E-state index contributed by atoms with van der Waals surface area (Å²) in [6, 6.07) is 10.2. The van der Waals surface area contributed by atoms with E-state index in [9.17, 15) is 0 Å². The van der Waals surface area contributed by atoms with Crippen LogP contribution in [0, 0.1) is 6.92 Å². The van der Waals surface area contributed by atoms with Gasteiger partial charge in [0.1, 0.15) is 0 Å². The predicted octanol–water partition coefficient (Wildman–Crippen LogP) is 3.66. The summed E-state index contributed by atoms with van der Waals surface area (Å²) < 4.78 is 0. The number of halogens is 1. The Balaban J connectivity index is 2.42. The van der Waals surface area contributed by atoms with Gasteiger partial charge in [0.15, 0.2) is 5.82 Å². The average Bonchev–Trinajstić information content (AvgIpc) is 2.41. The van der Waals surface area contributed by atoms with Gasteiger partial charge in [-0.1, -0.05) is 23.7 Å². The minimum atomic E-state index is 0.448. The summed E-state index contributed by atoms with van der Waals surface area (Å²) in [5.74, 6) is 0.770. The molecule has 0 atom stereocenters. The van der Waals surface area contributed by atoms with Crippen molar-refractivity contribution >= 4 is 23.1 Å². The highest BCUT2D eigenvalue weighted by molar-refractivity contribution is 6.33. The van der Waals surface area contributed by atoms with E-state index in [1.807, 2.05) is 12.1 Å². The molecule has 0 unspecified atom stereocenters. The fourth-order valence-corrected chi connectivity index (χ4v) is 2.32. The number of rotatable bonds is 4. The summed E-state index contributed by atoms with van der Waals surface area (Å²) in [5, 5.41) is 0.631. The Hall–Kier alpha value is -1.58. The molecule has 3 nitrogen and oxygen atoms in total. The van der Waals surface area contributed by atoms with Gasteiger partial charge in [-0.2, -0.15) is 0 Å². The van der Waals surface area contributed by atoms with Crippen LogP contribution in [0.15, 0.2) is 36.5 Å². The van der Waals surface area contributed by atoms with Crippen molar-refractivity contribution < 1.29 is 0 Å². The molecule has 0 bridgehead atoms. The zero-order chi connectivity index (χ0) is 13.8. The second-order valence-electron chi connectivity index (χ2n) is 4.44. The Morgan fingerprint density at radius 1 is 1.32 bits per heavy atom. The van der Waals surface area contributed by atoms with Crippen molar-refractivity contribution in [1.29, 1.82) is 0 Å². The van der Waals surface area contributed by atoms with Crippen molar-refractivity contribution in [3.8, 4) is 0 Å². The van der Waals surface area contributed by atoms with E-state index in [2.05, 4.69) is 41.9 Å². The van der Waals surface area contributed by atoms with E-state index in [1.54, 1.807) is 6.20 Å². The lowest BCUT2D eigenvalue weighted by atomic mass is 10.2.